The summed E-state index contributed by atoms with van der Waals surface area (Å²) in [6.07, 6.45) is 4.12. The van der Waals surface area contributed by atoms with Crippen molar-refractivity contribution < 1.29 is 4.74 Å². The van der Waals surface area contributed by atoms with E-state index in [0.717, 1.165) is 32.2 Å². The average Bonchev–Trinajstić information content (AvgIpc) is 2.37. The minimum absolute atomic E-state index is 0.382. The van der Waals surface area contributed by atoms with Crippen molar-refractivity contribution in [1.82, 2.24) is 10.2 Å². The molecule has 19 heavy (non-hydrogen) atoms. The number of rotatable bonds is 8. The maximum Gasteiger partial charge on any atom is 0.0674 e. The van der Waals surface area contributed by atoms with Crippen molar-refractivity contribution in [2.45, 2.75) is 72.1 Å². The molecule has 1 heterocycles. The van der Waals surface area contributed by atoms with E-state index in [-0.39, 0.29) is 0 Å². The molecule has 3 heteroatoms. The third-order valence-corrected chi connectivity index (χ3v) is 4.00. The summed E-state index contributed by atoms with van der Waals surface area (Å²) in [6, 6.07) is 1.27. The Labute approximate surface area is 120 Å². The van der Waals surface area contributed by atoms with Gasteiger partial charge in [-0.15, -0.1) is 0 Å². The summed E-state index contributed by atoms with van der Waals surface area (Å²) >= 11 is 0. The molecule has 1 saturated heterocycles. The fraction of sp³-hybridized carbons (Fsp3) is 1.00. The Hall–Kier alpha value is -0.120. The first-order chi connectivity index (χ1) is 9.08. The van der Waals surface area contributed by atoms with Gasteiger partial charge in [-0.1, -0.05) is 34.1 Å². The quantitative estimate of drug-likeness (QED) is 0.734. The molecule has 0 aromatic carbocycles. The summed E-state index contributed by atoms with van der Waals surface area (Å²) in [5.74, 6) is 0.730. The zero-order valence-electron chi connectivity index (χ0n) is 13.6. The van der Waals surface area contributed by atoms with Crippen LogP contribution in [0.5, 0.6) is 0 Å². The second-order valence-electron chi connectivity index (χ2n) is 6.40. The van der Waals surface area contributed by atoms with E-state index in [1.54, 1.807) is 0 Å². The molecule has 0 amide bonds. The van der Waals surface area contributed by atoms with Gasteiger partial charge in [-0.05, 0) is 32.2 Å². The topological polar surface area (TPSA) is 24.5 Å². The summed E-state index contributed by atoms with van der Waals surface area (Å²) in [5, 5.41) is 3.64. The zero-order chi connectivity index (χ0) is 14.3. The monoisotopic (exact) mass is 270 g/mol. The molecule has 0 spiro atoms. The molecule has 1 fully saturated rings. The second kappa shape index (κ2) is 8.93. The van der Waals surface area contributed by atoms with Gasteiger partial charge in [-0.3, -0.25) is 4.90 Å². The molecule has 3 nitrogen and oxygen atoms in total. The van der Waals surface area contributed by atoms with Crippen molar-refractivity contribution in [3.8, 4) is 0 Å². The maximum atomic E-state index is 5.82. The van der Waals surface area contributed by atoms with Gasteiger partial charge in [0.15, 0.2) is 0 Å². The van der Waals surface area contributed by atoms with Crippen molar-refractivity contribution in [3.63, 3.8) is 0 Å². The van der Waals surface area contributed by atoms with Gasteiger partial charge in [0.25, 0.3) is 0 Å². The molecule has 3 atom stereocenters. The van der Waals surface area contributed by atoms with Crippen LogP contribution in [-0.2, 0) is 4.74 Å². The summed E-state index contributed by atoms with van der Waals surface area (Å²) < 4.78 is 5.82. The first-order valence-electron chi connectivity index (χ1n) is 8.16. The molecule has 0 aromatic heterocycles. The van der Waals surface area contributed by atoms with E-state index in [2.05, 4.69) is 44.8 Å². The van der Waals surface area contributed by atoms with Gasteiger partial charge in [-0.25, -0.2) is 0 Å². The van der Waals surface area contributed by atoms with E-state index in [1.807, 2.05) is 0 Å². The predicted molar refractivity (Wildman–Crippen MR) is 82.6 cm³/mol. The molecule has 1 rings (SSSR count). The smallest absolute Gasteiger partial charge is 0.0674 e. The largest absolute Gasteiger partial charge is 0.376 e. The number of hydrogen-bond acceptors (Lipinski definition) is 3. The lowest BCUT2D eigenvalue weighted by atomic mass is 10.0. The number of nitrogens with zero attached hydrogens (tertiary/aromatic N) is 1. The molecule has 0 saturated carbocycles. The Morgan fingerprint density at radius 3 is 2.58 bits per heavy atom. The molecule has 0 radical (unpaired) electrons. The summed E-state index contributed by atoms with van der Waals surface area (Å²) in [7, 11) is 0. The SMILES string of the molecule is CCCC(CNCC(C)C)N1CC(C)OCC1CC. The molecule has 0 aromatic rings. The normalized spacial score (nSPS) is 26.8. The van der Waals surface area contributed by atoms with Crippen LogP contribution in [-0.4, -0.2) is 49.3 Å². The zero-order valence-corrected chi connectivity index (χ0v) is 13.6. The van der Waals surface area contributed by atoms with Crippen LogP contribution in [0.25, 0.3) is 0 Å². The van der Waals surface area contributed by atoms with Crippen molar-refractivity contribution in [2.75, 3.05) is 26.2 Å². The van der Waals surface area contributed by atoms with Gasteiger partial charge in [0, 0.05) is 25.2 Å². The number of hydrogen-bond donors (Lipinski definition) is 1. The van der Waals surface area contributed by atoms with E-state index in [0.29, 0.717) is 18.2 Å². The minimum Gasteiger partial charge on any atom is -0.376 e. The third kappa shape index (κ3) is 5.80. The van der Waals surface area contributed by atoms with Crippen LogP contribution in [0.4, 0.5) is 0 Å². The van der Waals surface area contributed by atoms with Crippen molar-refractivity contribution in [2.24, 2.45) is 5.92 Å². The Balaban J connectivity index is 2.55. The van der Waals surface area contributed by atoms with Gasteiger partial charge in [-0.2, -0.15) is 0 Å². The maximum absolute atomic E-state index is 5.82. The molecular formula is C16H34N2O. The van der Waals surface area contributed by atoms with Gasteiger partial charge < -0.3 is 10.1 Å². The van der Waals surface area contributed by atoms with Crippen molar-refractivity contribution in [3.05, 3.63) is 0 Å². The first-order valence-corrected chi connectivity index (χ1v) is 8.16. The highest BCUT2D eigenvalue weighted by atomic mass is 16.5. The molecule has 3 unspecified atom stereocenters. The number of nitrogens with one attached hydrogen (secondary N) is 1. The van der Waals surface area contributed by atoms with Gasteiger partial charge in [0.1, 0.15) is 0 Å². The highest BCUT2D eigenvalue weighted by molar-refractivity contribution is 4.84. The van der Waals surface area contributed by atoms with Crippen LogP contribution in [0, 0.1) is 5.92 Å². The molecule has 0 aliphatic carbocycles. The molecule has 1 aliphatic rings. The van der Waals surface area contributed by atoms with Crippen LogP contribution in [0.3, 0.4) is 0 Å². The van der Waals surface area contributed by atoms with E-state index < -0.39 is 0 Å². The Bertz CT molecular complexity index is 233. The van der Waals surface area contributed by atoms with E-state index in [4.69, 9.17) is 4.74 Å². The summed E-state index contributed by atoms with van der Waals surface area (Å²) in [4.78, 5) is 2.70. The predicted octanol–water partition coefficient (Wildman–Crippen LogP) is 2.90. The molecule has 114 valence electrons. The molecular weight excluding hydrogens is 236 g/mol. The Morgan fingerprint density at radius 1 is 1.26 bits per heavy atom. The number of morpholine rings is 1. The lowest BCUT2D eigenvalue weighted by Crippen LogP contribution is -2.55. The van der Waals surface area contributed by atoms with Crippen LogP contribution in [0.1, 0.15) is 53.9 Å². The Kier molecular flexibility index (Phi) is 7.96. The van der Waals surface area contributed by atoms with Crippen LogP contribution >= 0.6 is 0 Å². The van der Waals surface area contributed by atoms with E-state index in [9.17, 15) is 0 Å². The van der Waals surface area contributed by atoms with E-state index >= 15 is 0 Å². The van der Waals surface area contributed by atoms with Crippen LogP contribution < -0.4 is 5.32 Å². The molecule has 0 bridgehead atoms. The fourth-order valence-corrected chi connectivity index (χ4v) is 2.93. The van der Waals surface area contributed by atoms with Crippen molar-refractivity contribution in [1.29, 1.82) is 0 Å². The molecule has 1 N–H and O–H groups in total. The lowest BCUT2D eigenvalue weighted by molar-refractivity contribution is -0.0733. The third-order valence-electron chi connectivity index (χ3n) is 4.00. The highest BCUT2D eigenvalue weighted by Crippen LogP contribution is 2.19. The van der Waals surface area contributed by atoms with Crippen LogP contribution in [0.15, 0.2) is 0 Å². The minimum atomic E-state index is 0.382. The van der Waals surface area contributed by atoms with Crippen LogP contribution in [0.2, 0.25) is 0 Å². The number of ether oxygens (including phenoxy) is 1. The Morgan fingerprint density at radius 2 is 2.00 bits per heavy atom. The lowest BCUT2D eigenvalue weighted by Gasteiger charge is -2.43. The summed E-state index contributed by atoms with van der Waals surface area (Å²) in [6.45, 7) is 15.5. The average molecular weight is 270 g/mol. The highest BCUT2D eigenvalue weighted by Gasteiger charge is 2.30. The van der Waals surface area contributed by atoms with E-state index in [1.165, 1.54) is 19.3 Å². The van der Waals surface area contributed by atoms with Crippen molar-refractivity contribution >= 4 is 0 Å². The summed E-state index contributed by atoms with van der Waals surface area (Å²) in [5.41, 5.74) is 0. The van der Waals surface area contributed by atoms with Gasteiger partial charge in [0.2, 0.25) is 0 Å². The second-order valence-corrected chi connectivity index (χ2v) is 6.40. The van der Waals surface area contributed by atoms with Gasteiger partial charge >= 0.3 is 0 Å². The molecule has 1 aliphatic heterocycles. The first kappa shape index (κ1) is 16.9. The fourth-order valence-electron chi connectivity index (χ4n) is 2.93. The standard InChI is InChI=1S/C16H34N2O/c1-6-8-16(10-17-9-13(3)4)18-11-14(5)19-12-15(18)7-2/h13-17H,6-12H2,1-5H3. The van der Waals surface area contributed by atoms with Gasteiger partial charge in [0.05, 0.1) is 12.7 Å².